The van der Waals surface area contributed by atoms with E-state index in [1.807, 2.05) is 17.9 Å². The molecule has 9 heteroatoms. The first-order chi connectivity index (χ1) is 14.1. The second kappa shape index (κ2) is 9.15. The maximum Gasteiger partial charge on any atom is 0.239 e. The Balaban J connectivity index is 1.31. The van der Waals surface area contributed by atoms with Gasteiger partial charge >= 0.3 is 0 Å². The molecule has 1 aromatic heterocycles. The van der Waals surface area contributed by atoms with Gasteiger partial charge in [0.15, 0.2) is 0 Å². The fourth-order valence-corrected chi connectivity index (χ4v) is 4.67. The van der Waals surface area contributed by atoms with Crippen molar-refractivity contribution in [1.29, 1.82) is 0 Å². The lowest BCUT2D eigenvalue weighted by Gasteiger charge is -2.39. The van der Waals surface area contributed by atoms with Crippen molar-refractivity contribution < 1.29 is 13.9 Å². The van der Waals surface area contributed by atoms with Crippen LogP contribution in [0.25, 0.3) is 0 Å². The molecule has 2 saturated heterocycles. The van der Waals surface area contributed by atoms with E-state index in [9.17, 15) is 9.18 Å². The predicted octanol–water partition coefficient (Wildman–Crippen LogP) is 1.64. The Morgan fingerprint density at radius 3 is 2.59 bits per heavy atom. The zero-order chi connectivity index (χ0) is 20.2. The van der Waals surface area contributed by atoms with Crippen LogP contribution in [0, 0.1) is 5.82 Å². The number of carbonyl (C=O) groups is 1. The Bertz CT molecular complexity index is 834. The van der Waals surface area contributed by atoms with Crippen LogP contribution in [-0.4, -0.2) is 84.4 Å². The number of piperazine rings is 1. The number of carbonyl (C=O) groups excluding carboxylic acids is 1. The average Bonchev–Trinajstić information content (AvgIpc) is 3.24. The summed E-state index contributed by atoms with van der Waals surface area (Å²) in [6.45, 7) is 7.81. The van der Waals surface area contributed by atoms with Crippen molar-refractivity contribution in [2.24, 2.45) is 0 Å². The number of aromatic nitrogens is 2. The van der Waals surface area contributed by atoms with Crippen LogP contribution in [0.2, 0.25) is 0 Å². The first-order valence-electron chi connectivity index (χ1n) is 10.0. The standard InChI is InChI=1S/C20H26FN5O2S/c1-15(19(27)25-10-12-28-13-11-25)24-6-8-26(9-7-24)20-23-22-18(29-20)14-16-4-2-3-5-17(16)21/h2-5,15H,6-14H2,1H3. The molecule has 1 atom stereocenters. The topological polar surface area (TPSA) is 61.8 Å². The molecular formula is C20H26FN5O2S. The van der Waals surface area contributed by atoms with E-state index >= 15 is 0 Å². The summed E-state index contributed by atoms with van der Waals surface area (Å²) in [5.41, 5.74) is 0.635. The zero-order valence-electron chi connectivity index (χ0n) is 16.6. The maximum absolute atomic E-state index is 13.9. The van der Waals surface area contributed by atoms with Crippen molar-refractivity contribution in [3.05, 3.63) is 40.7 Å². The van der Waals surface area contributed by atoms with E-state index in [-0.39, 0.29) is 17.8 Å². The molecule has 2 aliphatic rings. The molecule has 3 heterocycles. The van der Waals surface area contributed by atoms with Gasteiger partial charge in [-0.2, -0.15) is 0 Å². The van der Waals surface area contributed by atoms with Crippen molar-refractivity contribution in [1.82, 2.24) is 20.0 Å². The van der Waals surface area contributed by atoms with Gasteiger partial charge in [0.05, 0.1) is 19.3 Å². The van der Waals surface area contributed by atoms with Crippen molar-refractivity contribution in [3.63, 3.8) is 0 Å². The summed E-state index contributed by atoms with van der Waals surface area (Å²) < 4.78 is 19.2. The van der Waals surface area contributed by atoms with Gasteiger partial charge in [0.2, 0.25) is 11.0 Å². The molecule has 1 amide bonds. The Morgan fingerprint density at radius 2 is 1.86 bits per heavy atom. The molecule has 0 saturated carbocycles. The minimum Gasteiger partial charge on any atom is -0.378 e. The summed E-state index contributed by atoms with van der Waals surface area (Å²) >= 11 is 1.51. The lowest BCUT2D eigenvalue weighted by molar-refractivity contribution is -0.140. The largest absolute Gasteiger partial charge is 0.378 e. The number of morpholine rings is 1. The number of ether oxygens (including phenoxy) is 1. The third kappa shape index (κ3) is 4.73. The van der Waals surface area contributed by atoms with Crippen LogP contribution in [0.5, 0.6) is 0 Å². The van der Waals surface area contributed by atoms with Gasteiger partial charge in [-0.15, -0.1) is 10.2 Å². The van der Waals surface area contributed by atoms with Gasteiger partial charge in [-0.05, 0) is 18.6 Å². The number of hydrogen-bond donors (Lipinski definition) is 0. The summed E-state index contributed by atoms with van der Waals surface area (Å²) in [4.78, 5) is 19.1. The molecule has 2 aliphatic heterocycles. The van der Waals surface area contributed by atoms with Gasteiger partial charge in [0.1, 0.15) is 10.8 Å². The van der Waals surface area contributed by atoms with Crippen molar-refractivity contribution in [2.75, 3.05) is 57.4 Å². The lowest BCUT2D eigenvalue weighted by Crippen LogP contribution is -2.56. The molecule has 2 fully saturated rings. The fourth-order valence-electron chi connectivity index (χ4n) is 3.75. The smallest absolute Gasteiger partial charge is 0.239 e. The van der Waals surface area contributed by atoms with E-state index in [0.717, 1.165) is 36.3 Å². The number of anilines is 1. The SMILES string of the molecule is CC(C(=O)N1CCOCC1)N1CCN(c2nnc(Cc3ccccc3F)s2)CC1. The fraction of sp³-hybridized carbons (Fsp3) is 0.550. The van der Waals surface area contributed by atoms with Gasteiger partial charge in [0, 0.05) is 45.7 Å². The predicted molar refractivity (Wildman–Crippen MR) is 110 cm³/mol. The van der Waals surface area contributed by atoms with Crippen LogP contribution in [0.3, 0.4) is 0 Å². The molecule has 0 bridgehead atoms. The maximum atomic E-state index is 13.9. The van der Waals surface area contributed by atoms with Crippen LogP contribution < -0.4 is 4.90 Å². The molecular weight excluding hydrogens is 393 g/mol. The third-order valence-corrected chi connectivity index (χ3v) is 6.55. The van der Waals surface area contributed by atoms with E-state index in [1.54, 1.807) is 12.1 Å². The van der Waals surface area contributed by atoms with E-state index < -0.39 is 0 Å². The van der Waals surface area contributed by atoms with Gasteiger partial charge in [0.25, 0.3) is 0 Å². The normalized spacial score (nSPS) is 19.4. The highest BCUT2D eigenvalue weighted by Gasteiger charge is 2.30. The summed E-state index contributed by atoms with van der Waals surface area (Å²) in [7, 11) is 0. The molecule has 156 valence electrons. The highest BCUT2D eigenvalue weighted by Crippen LogP contribution is 2.24. The van der Waals surface area contributed by atoms with E-state index in [4.69, 9.17) is 4.74 Å². The number of halogens is 1. The summed E-state index contributed by atoms with van der Waals surface area (Å²) in [5, 5.41) is 10.2. The highest BCUT2D eigenvalue weighted by molar-refractivity contribution is 7.15. The Labute approximate surface area is 174 Å². The quantitative estimate of drug-likeness (QED) is 0.734. The molecule has 7 nitrogen and oxygen atoms in total. The molecule has 0 aliphatic carbocycles. The molecule has 0 radical (unpaired) electrons. The first kappa shape index (κ1) is 20.2. The van der Waals surface area contributed by atoms with Crippen LogP contribution in [0.4, 0.5) is 9.52 Å². The highest BCUT2D eigenvalue weighted by atomic mass is 32.1. The summed E-state index contributed by atoms with van der Waals surface area (Å²) in [6.07, 6.45) is 0.454. The van der Waals surface area contributed by atoms with Crippen molar-refractivity contribution in [3.8, 4) is 0 Å². The monoisotopic (exact) mass is 419 g/mol. The van der Waals surface area contributed by atoms with E-state index in [0.29, 0.717) is 38.3 Å². The van der Waals surface area contributed by atoms with Crippen LogP contribution in [-0.2, 0) is 16.0 Å². The Kier molecular flexibility index (Phi) is 6.37. The number of benzene rings is 1. The second-order valence-electron chi connectivity index (χ2n) is 7.38. The van der Waals surface area contributed by atoms with Crippen molar-refractivity contribution >= 4 is 22.4 Å². The minimum absolute atomic E-state index is 0.124. The van der Waals surface area contributed by atoms with Crippen LogP contribution in [0.1, 0.15) is 17.5 Å². The molecule has 2 aromatic rings. The average molecular weight is 420 g/mol. The number of rotatable bonds is 5. The lowest BCUT2D eigenvalue weighted by atomic mass is 10.1. The Morgan fingerprint density at radius 1 is 1.14 bits per heavy atom. The molecule has 1 aromatic carbocycles. The van der Waals surface area contributed by atoms with E-state index in [1.165, 1.54) is 17.4 Å². The second-order valence-corrected chi connectivity index (χ2v) is 8.42. The Hall–Kier alpha value is -2.10. The van der Waals surface area contributed by atoms with Crippen LogP contribution >= 0.6 is 11.3 Å². The first-order valence-corrected chi connectivity index (χ1v) is 10.8. The number of hydrogen-bond acceptors (Lipinski definition) is 7. The summed E-state index contributed by atoms with van der Waals surface area (Å²) in [5.74, 6) is -0.0263. The van der Waals surface area contributed by atoms with Crippen molar-refractivity contribution in [2.45, 2.75) is 19.4 Å². The zero-order valence-corrected chi connectivity index (χ0v) is 17.4. The van der Waals surface area contributed by atoms with E-state index in [2.05, 4.69) is 20.0 Å². The summed E-state index contributed by atoms with van der Waals surface area (Å²) in [6, 6.07) is 6.65. The number of amides is 1. The molecule has 0 N–H and O–H groups in total. The van der Waals surface area contributed by atoms with Gasteiger partial charge in [-0.25, -0.2) is 4.39 Å². The minimum atomic E-state index is -0.211. The third-order valence-electron chi connectivity index (χ3n) is 5.57. The van der Waals surface area contributed by atoms with Gasteiger partial charge < -0.3 is 14.5 Å². The van der Waals surface area contributed by atoms with Gasteiger partial charge in [-0.3, -0.25) is 9.69 Å². The molecule has 1 unspecified atom stereocenters. The van der Waals surface area contributed by atoms with Gasteiger partial charge in [-0.1, -0.05) is 29.5 Å². The molecule has 4 rings (SSSR count). The number of nitrogens with zero attached hydrogens (tertiary/aromatic N) is 5. The molecule has 0 spiro atoms. The van der Waals surface area contributed by atoms with Crippen LogP contribution in [0.15, 0.2) is 24.3 Å². The molecule has 29 heavy (non-hydrogen) atoms.